The molecule has 136 valence electrons. The SMILES string of the molecule is C[C@H]1OC(=O)c2ccc([C@@]3(C)CCCC(C)(C)C3)c([C@@H](C)C(=O)O)c21. The van der Waals surface area contributed by atoms with Crippen LogP contribution in [-0.2, 0) is 14.9 Å². The zero-order valence-electron chi connectivity index (χ0n) is 15.8. The molecule has 0 saturated heterocycles. The topological polar surface area (TPSA) is 63.6 Å². The minimum absolute atomic E-state index is 0.0822. The van der Waals surface area contributed by atoms with Crippen LogP contribution in [-0.4, -0.2) is 17.0 Å². The van der Waals surface area contributed by atoms with E-state index in [9.17, 15) is 14.7 Å². The number of hydrogen-bond donors (Lipinski definition) is 1. The standard InChI is InChI=1S/C21H28O4/c1-12(18(22)23)16-15(21(5)10-6-9-20(3,4)11-21)8-7-14-17(16)13(2)25-19(14)24/h7-8,12-13H,6,9-11H2,1-5H3,(H,22,23)/t12-,13-,21+/m1/s1. The summed E-state index contributed by atoms with van der Waals surface area (Å²) in [5, 5.41) is 9.70. The first kappa shape index (κ1) is 18.0. The van der Waals surface area contributed by atoms with E-state index in [0.717, 1.165) is 36.0 Å². The van der Waals surface area contributed by atoms with Gasteiger partial charge in [-0.05, 0) is 61.1 Å². The molecule has 0 unspecified atom stereocenters. The average Bonchev–Trinajstić information content (AvgIpc) is 2.79. The molecule has 3 rings (SSSR count). The number of cyclic esters (lactones) is 1. The van der Waals surface area contributed by atoms with Gasteiger partial charge >= 0.3 is 11.9 Å². The van der Waals surface area contributed by atoms with Crippen molar-refractivity contribution in [3.63, 3.8) is 0 Å². The molecule has 1 aromatic rings. The third kappa shape index (κ3) is 2.96. The van der Waals surface area contributed by atoms with Gasteiger partial charge in [0.2, 0.25) is 0 Å². The highest BCUT2D eigenvalue weighted by molar-refractivity contribution is 5.95. The van der Waals surface area contributed by atoms with E-state index in [-0.39, 0.29) is 22.9 Å². The summed E-state index contributed by atoms with van der Waals surface area (Å²) in [6.07, 6.45) is 3.99. The van der Waals surface area contributed by atoms with E-state index in [4.69, 9.17) is 4.74 Å². The van der Waals surface area contributed by atoms with Crippen molar-refractivity contribution in [3.05, 3.63) is 34.4 Å². The fourth-order valence-electron chi connectivity index (χ4n) is 5.07. The van der Waals surface area contributed by atoms with Crippen LogP contribution in [0.3, 0.4) is 0 Å². The molecule has 1 aliphatic heterocycles. The van der Waals surface area contributed by atoms with E-state index >= 15 is 0 Å². The predicted molar refractivity (Wildman–Crippen MR) is 95.9 cm³/mol. The first-order chi connectivity index (χ1) is 11.6. The van der Waals surface area contributed by atoms with E-state index in [1.54, 1.807) is 6.92 Å². The molecule has 1 aliphatic carbocycles. The lowest BCUT2D eigenvalue weighted by atomic mass is 9.60. The first-order valence-electron chi connectivity index (χ1n) is 9.17. The van der Waals surface area contributed by atoms with Gasteiger partial charge in [-0.1, -0.05) is 33.3 Å². The molecule has 3 atom stereocenters. The van der Waals surface area contributed by atoms with E-state index in [2.05, 4.69) is 20.8 Å². The molecule has 0 aromatic heterocycles. The molecular weight excluding hydrogens is 316 g/mol. The van der Waals surface area contributed by atoms with E-state index < -0.39 is 11.9 Å². The minimum Gasteiger partial charge on any atom is -0.481 e. The summed E-state index contributed by atoms with van der Waals surface area (Å²) in [7, 11) is 0. The molecule has 25 heavy (non-hydrogen) atoms. The Morgan fingerprint density at radius 2 is 1.96 bits per heavy atom. The molecule has 1 aromatic carbocycles. The number of fused-ring (bicyclic) bond motifs is 1. The predicted octanol–water partition coefficient (Wildman–Crippen LogP) is 4.96. The zero-order chi connectivity index (χ0) is 18.6. The maximum Gasteiger partial charge on any atom is 0.339 e. The molecular formula is C21H28O4. The van der Waals surface area contributed by atoms with Crippen LogP contribution < -0.4 is 0 Å². The Morgan fingerprint density at radius 3 is 2.56 bits per heavy atom. The Labute approximate surface area is 149 Å². The summed E-state index contributed by atoms with van der Waals surface area (Å²) in [5.41, 5.74) is 3.33. The summed E-state index contributed by atoms with van der Waals surface area (Å²) in [5.74, 6) is -1.87. The van der Waals surface area contributed by atoms with Gasteiger partial charge in [0, 0.05) is 5.56 Å². The monoisotopic (exact) mass is 344 g/mol. The number of rotatable bonds is 3. The normalized spacial score (nSPS) is 29.0. The zero-order valence-corrected chi connectivity index (χ0v) is 15.8. The van der Waals surface area contributed by atoms with Crippen molar-refractivity contribution in [1.82, 2.24) is 0 Å². The summed E-state index contributed by atoms with van der Waals surface area (Å²) in [4.78, 5) is 24.0. The molecule has 0 radical (unpaired) electrons. The molecule has 0 bridgehead atoms. The highest BCUT2D eigenvalue weighted by Crippen LogP contribution is 2.51. The molecule has 1 saturated carbocycles. The maximum atomic E-state index is 12.1. The molecule has 0 spiro atoms. The lowest BCUT2D eigenvalue weighted by Crippen LogP contribution is -2.36. The van der Waals surface area contributed by atoms with Gasteiger partial charge in [-0.15, -0.1) is 0 Å². The molecule has 2 aliphatic rings. The third-order valence-electron chi connectivity index (χ3n) is 6.10. The molecule has 1 fully saturated rings. The summed E-state index contributed by atoms with van der Waals surface area (Å²) in [6.45, 7) is 10.4. The van der Waals surface area contributed by atoms with Crippen molar-refractivity contribution in [2.24, 2.45) is 5.41 Å². The van der Waals surface area contributed by atoms with Crippen molar-refractivity contribution in [2.75, 3.05) is 0 Å². The number of ether oxygens (including phenoxy) is 1. The van der Waals surface area contributed by atoms with Gasteiger partial charge in [0.25, 0.3) is 0 Å². The second-order valence-electron chi connectivity index (χ2n) is 8.85. The van der Waals surface area contributed by atoms with Gasteiger partial charge in [0.1, 0.15) is 6.10 Å². The van der Waals surface area contributed by atoms with Crippen LogP contribution in [0.2, 0.25) is 0 Å². The Bertz CT molecular complexity index is 734. The minimum atomic E-state index is -0.861. The maximum absolute atomic E-state index is 12.1. The van der Waals surface area contributed by atoms with Gasteiger partial charge in [0.05, 0.1) is 11.5 Å². The number of aliphatic carboxylic acids is 1. The Balaban J connectivity index is 2.22. The van der Waals surface area contributed by atoms with Gasteiger partial charge < -0.3 is 9.84 Å². The van der Waals surface area contributed by atoms with Crippen molar-refractivity contribution in [3.8, 4) is 0 Å². The van der Waals surface area contributed by atoms with Gasteiger partial charge in [-0.2, -0.15) is 0 Å². The highest BCUT2D eigenvalue weighted by Gasteiger charge is 2.43. The van der Waals surface area contributed by atoms with Crippen molar-refractivity contribution >= 4 is 11.9 Å². The number of carbonyl (C=O) groups is 2. The lowest BCUT2D eigenvalue weighted by molar-refractivity contribution is -0.138. The van der Waals surface area contributed by atoms with Crippen LogP contribution in [0, 0.1) is 5.41 Å². The smallest absolute Gasteiger partial charge is 0.339 e. The molecule has 1 N–H and O–H groups in total. The number of esters is 1. The van der Waals surface area contributed by atoms with E-state index in [1.807, 2.05) is 19.1 Å². The fraction of sp³-hybridized carbons (Fsp3) is 0.619. The fourth-order valence-corrected chi connectivity index (χ4v) is 5.07. The van der Waals surface area contributed by atoms with Crippen LogP contribution in [0.15, 0.2) is 12.1 Å². The number of carboxylic acids is 1. The number of hydrogen-bond acceptors (Lipinski definition) is 3. The van der Waals surface area contributed by atoms with E-state index in [1.165, 1.54) is 6.42 Å². The lowest BCUT2D eigenvalue weighted by Gasteiger charge is -2.44. The number of benzene rings is 1. The average molecular weight is 344 g/mol. The number of carboxylic acid groups (broad SMARTS) is 1. The van der Waals surface area contributed by atoms with Gasteiger partial charge in [0.15, 0.2) is 0 Å². The quantitative estimate of drug-likeness (QED) is 0.787. The van der Waals surface area contributed by atoms with Crippen molar-refractivity contribution in [1.29, 1.82) is 0 Å². The molecule has 4 heteroatoms. The Kier molecular flexibility index (Phi) is 4.21. The third-order valence-corrected chi connectivity index (χ3v) is 6.10. The second-order valence-corrected chi connectivity index (χ2v) is 8.85. The Hall–Kier alpha value is -1.84. The van der Waals surface area contributed by atoms with E-state index in [0.29, 0.717) is 5.56 Å². The molecule has 4 nitrogen and oxygen atoms in total. The first-order valence-corrected chi connectivity index (χ1v) is 9.17. The second kappa shape index (κ2) is 5.86. The molecule has 1 heterocycles. The summed E-state index contributed by atoms with van der Waals surface area (Å²) < 4.78 is 5.39. The Morgan fingerprint density at radius 1 is 1.28 bits per heavy atom. The van der Waals surface area contributed by atoms with Crippen molar-refractivity contribution in [2.45, 2.75) is 77.7 Å². The van der Waals surface area contributed by atoms with Crippen LogP contribution in [0.25, 0.3) is 0 Å². The van der Waals surface area contributed by atoms with Crippen molar-refractivity contribution < 1.29 is 19.4 Å². The highest BCUT2D eigenvalue weighted by atomic mass is 16.5. The van der Waals surface area contributed by atoms with Crippen LogP contribution in [0.1, 0.15) is 99.4 Å². The summed E-state index contributed by atoms with van der Waals surface area (Å²) in [6, 6.07) is 3.82. The van der Waals surface area contributed by atoms with Gasteiger partial charge in [-0.3, -0.25) is 4.79 Å². The van der Waals surface area contributed by atoms with Crippen LogP contribution >= 0.6 is 0 Å². The van der Waals surface area contributed by atoms with Gasteiger partial charge in [-0.25, -0.2) is 4.79 Å². The van der Waals surface area contributed by atoms with Crippen LogP contribution in [0.4, 0.5) is 0 Å². The number of carbonyl (C=O) groups excluding carboxylic acids is 1. The largest absolute Gasteiger partial charge is 0.481 e. The molecule has 0 amide bonds. The van der Waals surface area contributed by atoms with Crippen LogP contribution in [0.5, 0.6) is 0 Å². The summed E-state index contributed by atoms with van der Waals surface area (Å²) >= 11 is 0.